The highest BCUT2D eigenvalue weighted by molar-refractivity contribution is 6.43. The Labute approximate surface area is 214 Å². The molecule has 1 aromatic heterocycles. The van der Waals surface area contributed by atoms with Crippen LogP contribution in [0.3, 0.4) is 0 Å². The number of fused-ring (bicyclic) bond motifs is 1. The number of carbonyl (C=O) groups excluding carboxylic acids is 1. The second kappa shape index (κ2) is 10.9. The summed E-state index contributed by atoms with van der Waals surface area (Å²) in [5.41, 5.74) is 1.53. The lowest BCUT2D eigenvalue weighted by atomic mass is 10.1. The number of nitrogens with one attached hydrogen (secondary N) is 1. The molecule has 0 aliphatic heterocycles. The summed E-state index contributed by atoms with van der Waals surface area (Å²) in [7, 11) is 0. The Morgan fingerprint density at radius 2 is 1.71 bits per heavy atom. The first-order valence-electron chi connectivity index (χ1n) is 11.5. The van der Waals surface area contributed by atoms with E-state index in [2.05, 4.69) is 5.32 Å². The summed E-state index contributed by atoms with van der Waals surface area (Å²) in [6.45, 7) is 4.43. The molecule has 35 heavy (non-hydrogen) atoms. The van der Waals surface area contributed by atoms with Crippen LogP contribution in [0.5, 0.6) is 0 Å². The van der Waals surface area contributed by atoms with Gasteiger partial charge in [-0.25, -0.2) is 9.78 Å². The molecule has 0 saturated heterocycles. The van der Waals surface area contributed by atoms with Gasteiger partial charge in [-0.05, 0) is 49.2 Å². The topological polar surface area (TPSA) is 67.2 Å². The number of aromatic nitrogens is 2. The minimum atomic E-state index is -0.467. The van der Waals surface area contributed by atoms with E-state index in [9.17, 15) is 9.59 Å². The second-order valence-electron chi connectivity index (χ2n) is 8.11. The SMILES string of the molecule is CCCN(C(=O)Nc1cccc(Cl)c1Cl)C(CC)c1nc2ccccc2c(=O)n1-c1ccccc1. The van der Waals surface area contributed by atoms with E-state index in [1.54, 1.807) is 33.7 Å². The zero-order chi connectivity index (χ0) is 24.9. The number of hydrogen-bond donors (Lipinski definition) is 1. The Hall–Kier alpha value is -3.35. The molecule has 0 fully saturated rings. The van der Waals surface area contributed by atoms with Crippen molar-refractivity contribution in [2.45, 2.75) is 32.7 Å². The molecule has 0 aliphatic rings. The van der Waals surface area contributed by atoms with Gasteiger partial charge in [-0.15, -0.1) is 0 Å². The van der Waals surface area contributed by atoms with Crippen LogP contribution in [0.25, 0.3) is 16.6 Å². The van der Waals surface area contributed by atoms with Crippen molar-refractivity contribution >= 4 is 45.8 Å². The summed E-state index contributed by atoms with van der Waals surface area (Å²) in [6.07, 6.45) is 1.27. The number of halogens is 2. The maximum atomic E-state index is 13.7. The van der Waals surface area contributed by atoms with E-state index in [4.69, 9.17) is 28.2 Å². The van der Waals surface area contributed by atoms with Crippen molar-refractivity contribution in [3.8, 4) is 5.69 Å². The van der Waals surface area contributed by atoms with Crippen molar-refractivity contribution in [2.75, 3.05) is 11.9 Å². The smallest absolute Gasteiger partial charge is 0.314 e. The molecule has 3 aromatic carbocycles. The number of anilines is 1. The van der Waals surface area contributed by atoms with Crippen molar-refractivity contribution in [3.05, 3.63) is 99.0 Å². The number of urea groups is 1. The molecule has 2 amide bonds. The maximum absolute atomic E-state index is 13.7. The first-order chi connectivity index (χ1) is 17.0. The van der Waals surface area contributed by atoms with Crippen LogP contribution in [0.15, 0.2) is 77.6 Å². The molecule has 1 unspecified atom stereocenters. The van der Waals surface area contributed by atoms with Gasteiger partial charge in [-0.2, -0.15) is 0 Å². The normalized spacial score (nSPS) is 11.9. The molecule has 0 saturated carbocycles. The van der Waals surface area contributed by atoms with Gasteiger partial charge < -0.3 is 10.2 Å². The standard InChI is InChI=1S/C27H26Cl2N4O2/c1-3-17-32(27(35)31-22-16-10-14-20(28)24(22)29)23(4-2)25-30-21-15-9-8-13-19(21)26(34)33(25)18-11-6-5-7-12-18/h5-16,23H,3-4,17H2,1-2H3,(H,31,35). The lowest BCUT2D eigenvalue weighted by Crippen LogP contribution is -2.41. The molecule has 0 aliphatic carbocycles. The number of nitrogens with zero attached hydrogens (tertiary/aromatic N) is 3. The third kappa shape index (κ3) is 5.04. The fraction of sp³-hybridized carbons (Fsp3) is 0.222. The summed E-state index contributed by atoms with van der Waals surface area (Å²) in [6, 6.07) is 20.9. The average molecular weight is 509 g/mol. The third-order valence-electron chi connectivity index (χ3n) is 5.80. The van der Waals surface area contributed by atoms with E-state index < -0.39 is 6.04 Å². The summed E-state index contributed by atoms with van der Waals surface area (Å²) in [4.78, 5) is 33.8. The number of benzene rings is 3. The van der Waals surface area contributed by atoms with Crippen molar-refractivity contribution < 1.29 is 4.79 Å². The number of rotatable bonds is 7. The van der Waals surface area contributed by atoms with E-state index in [0.29, 0.717) is 46.1 Å². The molecule has 4 aromatic rings. The Morgan fingerprint density at radius 1 is 1.00 bits per heavy atom. The van der Waals surface area contributed by atoms with Crippen LogP contribution in [-0.4, -0.2) is 27.0 Å². The predicted molar refractivity (Wildman–Crippen MR) is 143 cm³/mol. The van der Waals surface area contributed by atoms with Crippen molar-refractivity contribution in [3.63, 3.8) is 0 Å². The molecule has 0 radical (unpaired) electrons. The van der Waals surface area contributed by atoms with E-state index in [0.717, 1.165) is 6.42 Å². The quantitative estimate of drug-likeness (QED) is 0.289. The molecule has 4 rings (SSSR count). The largest absolute Gasteiger partial charge is 0.322 e. The van der Waals surface area contributed by atoms with Crippen molar-refractivity contribution in [1.82, 2.24) is 14.5 Å². The van der Waals surface area contributed by atoms with Gasteiger partial charge in [0.25, 0.3) is 5.56 Å². The van der Waals surface area contributed by atoms with Gasteiger partial charge in [-0.3, -0.25) is 9.36 Å². The molecular weight excluding hydrogens is 483 g/mol. The van der Waals surface area contributed by atoms with Crippen LogP contribution in [0.4, 0.5) is 10.5 Å². The number of carbonyl (C=O) groups is 1. The van der Waals surface area contributed by atoms with Gasteiger partial charge in [0, 0.05) is 6.54 Å². The third-order valence-corrected chi connectivity index (χ3v) is 6.61. The predicted octanol–water partition coefficient (Wildman–Crippen LogP) is 7.09. The van der Waals surface area contributed by atoms with Crippen LogP contribution < -0.4 is 10.9 Å². The Balaban J connectivity index is 1.86. The summed E-state index contributed by atoms with van der Waals surface area (Å²) >= 11 is 12.5. The van der Waals surface area contributed by atoms with Gasteiger partial charge in [0.05, 0.1) is 38.4 Å². The van der Waals surface area contributed by atoms with Gasteiger partial charge >= 0.3 is 6.03 Å². The van der Waals surface area contributed by atoms with E-state index in [1.165, 1.54) is 0 Å². The highest BCUT2D eigenvalue weighted by Crippen LogP contribution is 2.31. The molecular formula is C27H26Cl2N4O2. The van der Waals surface area contributed by atoms with Gasteiger partial charge in [0.1, 0.15) is 5.82 Å². The van der Waals surface area contributed by atoms with E-state index in [1.807, 2.05) is 62.4 Å². The Kier molecular flexibility index (Phi) is 7.73. The maximum Gasteiger partial charge on any atom is 0.322 e. The fourth-order valence-corrected chi connectivity index (χ4v) is 4.52. The van der Waals surface area contributed by atoms with Crippen LogP contribution in [0.2, 0.25) is 10.0 Å². The Morgan fingerprint density at radius 3 is 2.43 bits per heavy atom. The van der Waals surface area contributed by atoms with Gasteiger partial charge in [0.2, 0.25) is 0 Å². The molecule has 8 heteroatoms. The van der Waals surface area contributed by atoms with Crippen LogP contribution >= 0.6 is 23.2 Å². The van der Waals surface area contributed by atoms with Crippen LogP contribution in [-0.2, 0) is 0 Å². The Bertz CT molecular complexity index is 1410. The molecule has 0 spiro atoms. The number of amides is 2. The fourth-order valence-electron chi connectivity index (χ4n) is 4.17. The first-order valence-corrected chi connectivity index (χ1v) is 12.3. The van der Waals surface area contributed by atoms with Gasteiger partial charge in [-0.1, -0.05) is 73.4 Å². The highest BCUT2D eigenvalue weighted by Gasteiger charge is 2.29. The first kappa shape index (κ1) is 24.8. The highest BCUT2D eigenvalue weighted by atomic mass is 35.5. The molecule has 1 heterocycles. The van der Waals surface area contributed by atoms with E-state index >= 15 is 0 Å². The minimum Gasteiger partial charge on any atom is -0.314 e. The monoisotopic (exact) mass is 508 g/mol. The lowest BCUT2D eigenvalue weighted by Gasteiger charge is -2.32. The number of hydrogen-bond acceptors (Lipinski definition) is 3. The molecule has 1 N–H and O–H groups in total. The number of para-hydroxylation sites is 2. The van der Waals surface area contributed by atoms with Crippen molar-refractivity contribution in [2.24, 2.45) is 0 Å². The molecule has 1 atom stereocenters. The summed E-state index contributed by atoms with van der Waals surface area (Å²) < 4.78 is 1.61. The van der Waals surface area contributed by atoms with E-state index in [-0.39, 0.29) is 16.6 Å². The zero-order valence-electron chi connectivity index (χ0n) is 19.5. The molecule has 6 nitrogen and oxygen atoms in total. The average Bonchev–Trinajstić information content (AvgIpc) is 2.87. The van der Waals surface area contributed by atoms with Crippen LogP contribution in [0.1, 0.15) is 38.6 Å². The second-order valence-corrected chi connectivity index (χ2v) is 8.90. The van der Waals surface area contributed by atoms with Crippen LogP contribution in [0, 0.1) is 0 Å². The molecule has 180 valence electrons. The van der Waals surface area contributed by atoms with Gasteiger partial charge in [0.15, 0.2) is 0 Å². The zero-order valence-corrected chi connectivity index (χ0v) is 21.1. The summed E-state index contributed by atoms with van der Waals surface area (Å²) in [5.74, 6) is 0.503. The lowest BCUT2D eigenvalue weighted by molar-refractivity contribution is 0.181. The van der Waals surface area contributed by atoms with Crippen molar-refractivity contribution in [1.29, 1.82) is 0 Å². The molecule has 0 bridgehead atoms. The summed E-state index contributed by atoms with van der Waals surface area (Å²) in [5, 5.41) is 4.04. The minimum absolute atomic E-state index is 0.176.